The summed E-state index contributed by atoms with van der Waals surface area (Å²) in [5.74, 6) is 0.516. The standard InChI is InChI=1S/C46H32N6S2/c1-45(2)29-13-5-9-17-33(29)51(34-18-10-6-14-30(34)45)37-23-21-27-39-28(42-41(27)49-43(47-25-53)44(50-42)48-26-54)22-24-38(40(37)39)52-35-19-11-7-15-31(35)46(3,4)32-16-8-12-20-36(32)52/h5-24H,1-4H3. The van der Waals surface area contributed by atoms with Crippen molar-refractivity contribution in [2.75, 3.05) is 9.80 Å². The van der Waals surface area contributed by atoms with Gasteiger partial charge in [-0.05, 0) is 95.2 Å². The third-order valence-corrected chi connectivity index (χ3v) is 11.7. The predicted molar refractivity (Wildman–Crippen MR) is 227 cm³/mol. The van der Waals surface area contributed by atoms with E-state index in [-0.39, 0.29) is 22.5 Å². The highest BCUT2D eigenvalue weighted by Crippen LogP contribution is 2.60. The lowest BCUT2D eigenvalue weighted by Crippen LogP contribution is -2.31. The van der Waals surface area contributed by atoms with Gasteiger partial charge in [-0.15, -0.1) is 0 Å². The number of anilines is 6. The molecule has 0 unspecified atom stereocenters. The van der Waals surface area contributed by atoms with Crippen molar-refractivity contribution in [3.63, 3.8) is 0 Å². The van der Waals surface area contributed by atoms with Crippen LogP contribution in [-0.4, -0.2) is 20.3 Å². The molecule has 54 heavy (non-hydrogen) atoms. The van der Waals surface area contributed by atoms with Crippen molar-refractivity contribution in [1.82, 2.24) is 9.97 Å². The topological polar surface area (TPSA) is 57.0 Å². The smallest absolute Gasteiger partial charge is 0.209 e. The highest BCUT2D eigenvalue weighted by molar-refractivity contribution is 7.78. The summed E-state index contributed by atoms with van der Waals surface area (Å²) in [4.78, 5) is 23.4. The van der Waals surface area contributed by atoms with E-state index in [0.717, 1.165) is 56.0 Å². The molecule has 2 aliphatic heterocycles. The molecule has 6 aromatic carbocycles. The summed E-state index contributed by atoms with van der Waals surface area (Å²) in [6.07, 6.45) is 0. The van der Waals surface area contributed by atoms with Gasteiger partial charge in [-0.2, -0.15) is 9.98 Å². The first-order chi connectivity index (χ1) is 26.3. The summed E-state index contributed by atoms with van der Waals surface area (Å²) in [5.41, 5.74) is 14.7. The number of aliphatic imine (C=N–C) groups is 2. The van der Waals surface area contributed by atoms with Crippen LogP contribution < -0.4 is 9.80 Å². The molecule has 0 amide bonds. The molecule has 8 heteroatoms. The molecular formula is C46H32N6S2. The van der Waals surface area contributed by atoms with E-state index in [1.54, 1.807) is 0 Å². The van der Waals surface area contributed by atoms with Crippen LogP contribution >= 0.6 is 24.4 Å². The number of hydrogen-bond donors (Lipinski definition) is 0. The van der Waals surface area contributed by atoms with Crippen LogP contribution in [0.4, 0.5) is 45.8 Å². The van der Waals surface area contributed by atoms with Gasteiger partial charge in [0, 0.05) is 32.7 Å². The molecule has 6 nitrogen and oxygen atoms in total. The Hall–Kier alpha value is -6.14. The van der Waals surface area contributed by atoms with Crippen LogP contribution in [0.5, 0.6) is 0 Å². The van der Waals surface area contributed by atoms with Gasteiger partial charge in [0.2, 0.25) is 11.6 Å². The van der Waals surface area contributed by atoms with E-state index in [9.17, 15) is 0 Å². The molecule has 10 rings (SSSR count). The first-order valence-corrected chi connectivity index (χ1v) is 18.7. The number of para-hydroxylation sites is 4. The Labute approximate surface area is 324 Å². The summed E-state index contributed by atoms with van der Waals surface area (Å²) in [7, 11) is 0. The van der Waals surface area contributed by atoms with Gasteiger partial charge in [0.1, 0.15) is 0 Å². The number of aromatic nitrogens is 2. The van der Waals surface area contributed by atoms with E-state index in [1.165, 1.54) is 22.3 Å². The number of hydrogen-bond acceptors (Lipinski definition) is 8. The second kappa shape index (κ2) is 11.7. The third-order valence-electron chi connectivity index (χ3n) is 11.5. The normalized spacial score (nSPS) is 14.9. The van der Waals surface area contributed by atoms with Gasteiger partial charge in [-0.1, -0.05) is 100 Å². The second-order valence-corrected chi connectivity index (χ2v) is 15.3. The Bertz CT molecular complexity index is 2590. The Morgan fingerprint density at radius 1 is 0.444 bits per heavy atom. The quantitative estimate of drug-likeness (QED) is 0.133. The fraction of sp³-hybridized carbons (Fsp3) is 0.130. The maximum Gasteiger partial charge on any atom is 0.209 e. The van der Waals surface area contributed by atoms with Crippen LogP contribution in [0.15, 0.2) is 131 Å². The molecule has 3 aliphatic rings. The lowest BCUT2D eigenvalue weighted by Gasteiger charge is -2.44. The van der Waals surface area contributed by atoms with Crippen molar-refractivity contribution in [2.45, 2.75) is 38.5 Å². The van der Waals surface area contributed by atoms with E-state index < -0.39 is 0 Å². The van der Waals surface area contributed by atoms with E-state index in [2.05, 4.69) is 179 Å². The summed E-state index contributed by atoms with van der Waals surface area (Å²) < 4.78 is 0. The van der Waals surface area contributed by atoms with Crippen molar-refractivity contribution < 1.29 is 0 Å². The van der Waals surface area contributed by atoms with E-state index in [4.69, 9.17) is 34.4 Å². The molecule has 1 aromatic heterocycles. The number of thiocarbonyl (C=S) groups is 2. The van der Waals surface area contributed by atoms with Gasteiger partial charge in [0.25, 0.3) is 0 Å². The minimum atomic E-state index is -0.209. The maximum absolute atomic E-state index is 5.00. The molecular weight excluding hydrogens is 701 g/mol. The van der Waals surface area contributed by atoms with Crippen molar-refractivity contribution in [3.05, 3.63) is 144 Å². The van der Waals surface area contributed by atoms with Gasteiger partial charge in [0.15, 0.2) is 0 Å². The van der Waals surface area contributed by atoms with Crippen molar-refractivity contribution >= 4 is 91.3 Å². The zero-order valence-electron chi connectivity index (χ0n) is 30.0. The molecule has 0 radical (unpaired) electrons. The first-order valence-electron chi connectivity index (χ1n) is 17.9. The zero-order chi connectivity index (χ0) is 36.9. The summed E-state index contributed by atoms with van der Waals surface area (Å²) in [6.45, 7) is 9.27. The lowest BCUT2D eigenvalue weighted by atomic mass is 9.73. The average molecular weight is 733 g/mol. The molecule has 258 valence electrons. The van der Waals surface area contributed by atoms with Crippen molar-refractivity contribution in [1.29, 1.82) is 0 Å². The Balaban J connectivity index is 1.36. The highest BCUT2D eigenvalue weighted by Gasteiger charge is 2.41. The Morgan fingerprint density at radius 2 is 0.778 bits per heavy atom. The largest absolute Gasteiger partial charge is 0.309 e. The van der Waals surface area contributed by atoms with Gasteiger partial charge in [-0.3, -0.25) is 0 Å². The molecule has 0 saturated carbocycles. The first kappa shape index (κ1) is 32.5. The Kier molecular flexibility index (Phi) is 7.03. The Morgan fingerprint density at radius 3 is 1.11 bits per heavy atom. The van der Waals surface area contributed by atoms with Crippen LogP contribution in [0.3, 0.4) is 0 Å². The highest BCUT2D eigenvalue weighted by atomic mass is 32.1. The summed E-state index contributed by atoms with van der Waals surface area (Å²) in [5, 5.41) is 7.03. The third kappa shape index (κ3) is 4.34. The molecule has 0 bridgehead atoms. The van der Waals surface area contributed by atoms with Gasteiger partial charge < -0.3 is 9.80 Å². The molecule has 1 aliphatic carbocycles. The van der Waals surface area contributed by atoms with Crippen LogP contribution in [0.1, 0.15) is 49.9 Å². The van der Waals surface area contributed by atoms with Crippen molar-refractivity contribution in [3.8, 4) is 22.5 Å². The molecule has 0 N–H and O–H groups in total. The van der Waals surface area contributed by atoms with Crippen LogP contribution in [0.25, 0.3) is 33.3 Å². The van der Waals surface area contributed by atoms with E-state index >= 15 is 0 Å². The summed E-state index contributed by atoms with van der Waals surface area (Å²) in [6, 6.07) is 44.0. The number of rotatable bonds is 4. The van der Waals surface area contributed by atoms with E-state index in [1.807, 2.05) is 0 Å². The minimum Gasteiger partial charge on any atom is -0.309 e. The van der Waals surface area contributed by atoms with Gasteiger partial charge >= 0.3 is 0 Å². The fourth-order valence-electron chi connectivity index (χ4n) is 9.11. The summed E-state index contributed by atoms with van der Waals surface area (Å²) >= 11 is 9.99. The molecule has 7 aromatic rings. The van der Waals surface area contributed by atoms with Gasteiger partial charge in [-0.25, -0.2) is 9.97 Å². The van der Waals surface area contributed by atoms with E-state index in [0.29, 0.717) is 11.4 Å². The SMILES string of the molecule is CC1(C)c2ccccc2N(c2ccc3c4c(ccc(N5c6ccccc6C(C)(C)c6ccccc65)c24)-c2nc(N=C=S)c(N=C=S)nc2-3)c2ccccc21. The van der Waals surface area contributed by atoms with Crippen LogP contribution in [0.2, 0.25) is 0 Å². The number of nitrogens with zero attached hydrogens (tertiary/aromatic N) is 6. The number of benzene rings is 6. The molecule has 0 saturated heterocycles. The molecule has 0 fully saturated rings. The molecule has 0 atom stereocenters. The fourth-order valence-corrected chi connectivity index (χ4v) is 9.29. The lowest BCUT2D eigenvalue weighted by molar-refractivity contribution is 0.632. The maximum atomic E-state index is 5.00. The minimum absolute atomic E-state index is 0.209. The van der Waals surface area contributed by atoms with Crippen molar-refractivity contribution in [2.24, 2.45) is 9.98 Å². The molecule has 0 spiro atoms. The number of isothiocyanates is 2. The van der Waals surface area contributed by atoms with Gasteiger partial charge in [0.05, 0.1) is 55.8 Å². The number of fused-ring (bicyclic) bond motifs is 7. The monoisotopic (exact) mass is 732 g/mol. The van der Waals surface area contributed by atoms with Crippen LogP contribution in [-0.2, 0) is 10.8 Å². The van der Waals surface area contributed by atoms with Crippen LogP contribution in [0, 0.1) is 0 Å². The predicted octanol–water partition coefficient (Wildman–Crippen LogP) is 13.0. The second-order valence-electron chi connectivity index (χ2n) is 15.0. The zero-order valence-corrected chi connectivity index (χ0v) is 31.7. The molecule has 3 heterocycles. The average Bonchev–Trinajstić information content (AvgIpc) is 3.49.